The molecule has 0 fully saturated rings. The van der Waals surface area contributed by atoms with Crippen LogP contribution in [0.25, 0.3) is 0 Å². The SMILES string of the molecule is COc1cc(CNCCCS(=O)(=O)O)cc(OC)c1. The van der Waals surface area contributed by atoms with Gasteiger partial charge in [0.2, 0.25) is 0 Å². The molecular formula is C12H19NO5S. The Morgan fingerprint density at radius 3 is 2.21 bits per heavy atom. The molecular weight excluding hydrogens is 270 g/mol. The van der Waals surface area contributed by atoms with Crippen molar-refractivity contribution in [3.8, 4) is 11.5 Å². The van der Waals surface area contributed by atoms with E-state index in [-0.39, 0.29) is 5.75 Å². The molecule has 0 aliphatic rings. The lowest BCUT2D eigenvalue weighted by molar-refractivity contribution is 0.393. The number of nitrogens with one attached hydrogen (secondary N) is 1. The van der Waals surface area contributed by atoms with Crippen LogP contribution in [0.15, 0.2) is 18.2 Å². The molecule has 0 aromatic heterocycles. The van der Waals surface area contributed by atoms with E-state index >= 15 is 0 Å². The molecule has 0 bridgehead atoms. The summed E-state index contributed by atoms with van der Waals surface area (Å²) in [5, 5.41) is 3.09. The second-order valence-corrected chi connectivity index (χ2v) is 5.61. The first-order chi connectivity index (χ1) is 8.94. The fourth-order valence-electron chi connectivity index (χ4n) is 1.58. The van der Waals surface area contributed by atoms with Crippen LogP contribution in [0.4, 0.5) is 0 Å². The highest BCUT2D eigenvalue weighted by molar-refractivity contribution is 7.85. The molecule has 1 aromatic rings. The zero-order valence-electron chi connectivity index (χ0n) is 11.0. The molecule has 0 saturated carbocycles. The molecule has 1 aromatic carbocycles. The Labute approximate surface area is 113 Å². The predicted octanol–water partition coefficient (Wildman–Crippen LogP) is 1.07. The molecule has 19 heavy (non-hydrogen) atoms. The van der Waals surface area contributed by atoms with Crippen LogP contribution in [0, 0.1) is 0 Å². The Morgan fingerprint density at radius 1 is 1.16 bits per heavy atom. The third-order valence-electron chi connectivity index (χ3n) is 2.50. The smallest absolute Gasteiger partial charge is 0.264 e. The maximum Gasteiger partial charge on any atom is 0.264 e. The normalized spacial score (nSPS) is 11.3. The molecule has 0 spiro atoms. The monoisotopic (exact) mass is 289 g/mol. The van der Waals surface area contributed by atoms with Crippen LogP contribution in [0.3, 0.4) is 0 Å². The van der Waals surface area contributed by atoms with Gasteiger partial charge in [-0.2, -0.15) is 8.42 Å². The van der Waals surface area contributed by atoms with Gasteiger partial charge in [-0.25, -0.2) is 0 Å². The van der Waals surface area contributed by atoms with Gasteiger partial charge in [-0.15, -0.1) is 0 Å². The van der Waals surface area contributed by atoms with Gasteiger partial charge in [0.1, 0.15) is 11.5 Å². The Kier molecular flexibility index (Phi) is 6.07. The van der Waals surface area contributed by atoms with Crippen molar-refractivity contribution in [3.63, 3.8) is 0 Å². The minimum Gasteiger partial charge on any atom is -0.497 e. The van der Waals surface area contributed by atoms with Crippen LogP contribution in [0.2, 0.25) is 0 Å². The average molecular weight is 289 g/mol. The van der Waals surface area contributed by atoms with Crippen molar-refractivity contribution in [2.75, 3.05) is 26.5 Å². The van der Waals surface area contributed by atoms with E-state index in [0.717, 1.165) is 5.56 Å². The lowest BCUT2D eigenvalue weighted by Crippen LogP contribution is -2.18. The summed E-state index contributed by atoms with van der Waals surface area (Å²) < 4.78 is 39.9. The first-order valence-electron chi connectivity index (χ1n) is 5.82. The Bertz CT molecular complexity index is 479. The standard InChI is InChI=1S/C12H19NO5S/c1-17-11-6-10(7-12(8-11)18-2)9-13-4-3-5-19(14,15)16/h6-8,13H,3-5,9H2,1-2H3,(H,14,15,16). The van der Waals surface area contributed by atoms with Crippen LogP contribution in [0.1, 0.15) is 12.0 Å². The summed E-state index contributed by atoms with van der Waals surface area (Å²) >= 11 is 0. The molecule has 0 heterocycles. The average Bonchev–Trinajstić information content (AvgIpc) is 2.36. The van der Waals surface area contributed by atoms with E-state index in [2.05, 4.69) is 5.32 Å². The zero-order chi connectivity index (χ0) is 14.3. The van der Waals surface area contributed by atoms with Crippen LogP contribution in [0.5, 0.6) is 11.5 Å². The van der Waals surface area contributed by atoms with Gasteiger partial charge in [0, 0.05) is 12.6 Å². The van der Waals surface area contributed by atoms with Crippen molar-refractivity contribution in [2.24, 2.45) is 0 Å². The summed E-state index contributed by atoms with van der Waals surface area (Å²) in [5.41, 5.74) is 0.975. The van der Waals surface area contributed by atoms with Crippen molar-refractivity contribution < 1.29 is 22.4 Å². The van der Waals surface area contributed by atoms with E-state index < -0.39 is 10.1 Å². The topological polar surface area (TPSA) is 84.9 Å². The highest BCUT2D eigenvalue weighted by atomic mass is 32.2. The Hall–Kier alpha value is -1.31. The van der Waals surface area contributed by atoms with Crippen LogP contribution in [-0.4, -0.2) is 39.5 Å². The van der Waals surface area contributed by atoms with Gasteiger partial charge in [-0.05, 0) is 30.7 Å². The van der Waals surface area contributed by atoms with E-state index in [1.165, 1.54) is 0 Å². The molecule has 0 atom stereocenters. The van der Waals surface area contributed by atoms with Gasteiger partial charge in [0.15, 0.2) is 0 Å². The lowest BCUT2D eigenvalue weighted by atomic mass is 10.2. The third-order valence-corrected chi connectivity index (χ3v) is 3.30. The lowest BCUT2D eigenvalue weighted by Gasteiger charge is -2.09. The van der Waals surface area contributed by atoms with Crippen molar-refractivity contribution in [1.82, 2.24) is 5.32 Å². The van der Waals surface area contributed by atoms with Crippen LogP contribution >= 0.6 is 0 Å². The first kappa shape index (κ1) is 15.7. The molecule has 0 amide bonds. The van der Waals surface area contributed by atoms with Gasteiger partial charge >= 0.3 is 0 Å². The van der Waals surface area contributed by atoms with Gasteiger partial charge in [0.05, 0.1) is 20.0 Å². The summed E-state index contributed by atoms with van der Waals surface area (Å²) in [6.45, 7) is 1.07. The van der Waals surface area contributed by atoms with E-state index in [1.54, 1.807) is 20.3 Å². The number of ether oxygens (including phenoxy) is 2. The highest BCUT2D eigenvalue weighted by Crippen LogP contribution is 2.22. The van der Waals surface area contributed by atoms with E-state index in [4.69, 9.17) is 14.0 Å². The fraction of sp³-hybridized carbons (Fsp3) is 0.500. The molecule has 1 rings (SSSR count). The number of hydrogen-bond donors (Lipinski definition) is 2. The van der Waals surface area contributed by atoms with Crippen LogP contribution in [-0.2, 0) is 16.7 Å². The summed E-state index contributed by atoms with van der Waals surface area (Å²) in [4.78, 5) is 0. The molecule has 0 radical (unpaired) electrons. The number of benzene rings is 1. The quantitative estimate of drug-likeness (QED) is 0.550. The van der Waals surface area contributed by atoms with Crippen molar-refractivity contribution in [3.05, 3.63) is 23.8 Å². The zero-order valence-corrected chi connectivity index (χ0v) is 11.9. The number of methoxy groups -OCH3 is 2. The van der Waals surface area contributed by atoms with Gasteiger partial charge in [-0.1, -0.05) is 0 Å². The second kappa shape index (κ2) is 7.32. The van der Waals surface area contributed by atoms with Crippen molar-refractivity contribution in [1.29, 1.82) is 0 Å². The predicted molar refractivity (Wildman–Crippen MR) is 72.3 cm³/mol. The number of hydrogen-bond acceptors (Lipinski definition) is 5. The Balaban J connectivity index is 2.44. The Morgan fingerprint density at radius 2 is 1.74 bits per heavy atom. The van der Waals surface area contributed by atoms with Crippen molar-refractivity contribution >= 4 is 10.1 Å². The molecule has 0 saturated heterocycles. The molecule has 0 aliphatic heterocycles. The maximum atomic E-state index is 10.5. The number of rotatable bonds is 8. The molecule has 2 N–H and O–H groups in total. The molecule has 0 unspecified atom stereocenters. The highest BCUT2D eigenvalue weighted by Gasteiger charge is 2.04. The molecule has 108 valence electrons. The summed E-state index contributed by atoms with van der Waals surface area (Å²) in [7, 11) is -0.708. The van der Waals surface area contributed by atoms with Gasteiger partial charge < -0.3 is 14.8 Å². The largest absolute Gasteiger partial charge is 0.497 e. The summed E-state index contributed by atoms with van der Waals surface area (Å²) in [6.07, 6.45) is 0.361. The van der Waals surface area contributed by atoms with E-state index in [0.29, 0.717) is 31.0 Å². The van der Waals surface area contributed by atoms with E-state index in [9.17, 15) is 8.42 Å². The summed E-state index contributed by atoms with van der Waals surface area (Å²) in [5.74, 6) is 1.17. The van der Waals surface area contributed by atoms with E-state index in [1.807, 2.05) is 12.1 Å². The van der Waals surface area contributed by atoms with Crippen molar-refractivity contribution in [2.45, 2.75) is 13.0 Å². The summed E-state index contributed by atoms with van der Waals surface area (Å²) in [6, 6.07) is 5.53. The molecule has 0 aliphatic carbocycles. The maximum absolute atomic E-state index is 10.5. The minimum atomic E-state index is -3.87. The van der Waals surface area contributed by atoms with Crippen LogP contribution < -0.4 is 14.8 Å². The fourth-order valence-corrected chi connectivity index (χ4v) is 2.09. The molecule has 6 nitrogen and oxygen atoms in total. The van der Waals surface area contributed by atoms with Gasteiger partial charge in [-0.3, -0.25) is 4.55 Å². The second-order valence-electron chi connectivity index (χ2n) is 4.04. The van der Waals surface area contributed by atoms with Gasteiger partial charge in [0.25, 0.3) is 10.1 Å². The minimum absolute atomic E-state index is 0.235. The first-order valence-corrected chi connectivity index (χ1v) is 7.43. The molecule has 7 heteroatoms. The third kappa shape index (κ3) is 6.42.